The molecule has 0 aliphatic heterocycles. The van der Waals surface area contributed by atoms with Crippen LogP contribution in [-0.4, -0.2) is 51.4 Å². The Morgan fingerprint density at radius 3 is 2.20 bits per heavy atom. The van der Waals surface area contributed by atoms with Crippen molar-refractivity contribution in [2.24, 2.45) is 0 Å². The molecule has 1 atom stereocenters. The zero-order valence-corrected chi connectivity index (χ0v) is 26.1. The van der Waals surface area contributed by atoms with E-state index in [2.05, 4.69) is 5.32 Å². The van der Waals surface area contributed by atoms with Crippen molar-refractivity contribution in [1.82, 2.24) is 10.2 Å². The number of halogens is 2. The van der Waals surface area contributed by atoms with E-state index in [1.165, 1.54) is 24.1 Å². The number of carbonyl (C=O) groups is 2. The number of amides is 2. The van der Waals surface area contributed by atoms with Crippen LogP contribution in [0.3, 0.4) is 0 Å². The normalized spacial score (nSPS) is 12.0. The third-order valence-corrected chi connectivity index (χ3v) is 8.94. The van der Waals surface area contributed by atoms with Crippen LogP contribution in [0.5, 0.6) is 5.75 Å². The number of methoxy groups -OCH3 is 1. The highest BCUT2D eigenvalue weighted by Crippen LogP contribution is 2.34. The van der Waals surface area contributed by atoms with Crippen molar-refractivity contribution in [3.63, 3.8) is 0 Å². The average Bonchev–Trinajstić information content (AvgIpc) is 2.93. The van der Waals surface area contributed by atoms with Crippen LogP contribution in [0.2, 0.25) is 10.0 Å². The zero-order valence-electron chi connectivity index (χ0n) is 23.8. The molecule has 0 heterocycles. The molecular formula is C30H35Cl2N3O5S. The first kappa shape index (κ1) is 32.2. The third-order valence-electron chi connectivity index (χ3n) is 6.58. The van der Waals surface area contributed by atoms with Crippen molar-refractivity contribution < 1.29 is 22.7 Å². The SMILES string of the molecule is CCNC(=O)C(CC)N(Cc1ccc(Cl)cc1Cl)C(=O)CN(c1cc(C)ccc1OC)S(=O)(=O)c1ccc(C)cc1. The molecule has 0 aliphatic rings. The standard InChI is InChI=1S/C30H35Cl2N3O5S/c1-6-26(30(37)33-7-2)34(18-22-11-12-23(31)17-25(22)32)29(36)19-35(27-16-21(4)10-15-28(27)40-5)41(38,39)24-13-8-20(3)9-14-24/h8-17,26H,6-7,18-19H2,1-5H3,(H,33,37). The van der Waals surface area contributed by atoms with Gasteiger partial charge in [-0.1, -0.05) is 60.0 Å². The first-order valence-electron chi connectivity index (χ1n) is 13.2. The van der Waals surface area contributed by atoms with Crippen molar-refractivity contribution in [2.75, 3.05) is 24.5 Å². The van der Waals surface area contributed by atoms with Crippen LogP contribution in [0, 0.1) is 13.8 Å². The van der Waals surface area contributed by atoms with E-state index in [0.717, 1.165) is 15.4 Å². The summed E-state index contributed by atoms with van der Waals surface area (Å²) in [4.78, 5) is 28.6. The Bertz CT molecular complexity index is 1500. The Kier molecular flexibility index (Phi) is 11.1. The fourth-order valence-electron chi connectivity index (χ4n) is 4.39. The van der Waals surface area contributed by atoms with E-state index < -0.39 is 28.5 Å². The van der Waals surface area contributed by atoms with Gasteiger partial charge in [-0.05, 0) is 74.7 Å². The summed E-state index contributed by atoms with van der Waals surface area (Å²) in [5.41, 5.74) is 2.43. The molecule has 220 valence electrons. The first-order chi connectivity index (χ1) is 19.4. The fourth-order valence-corrected chi connectivity index (χ4v) is 6.28. The molecule has 0 aliphatic carbocycles. The second-order valence-electron chi connectivity index (χ2n) is 9.58. The summed E-state index contributed by atoms with van der Waals surface area (Å²) in [5, 5.41) is 3.52. The largest absolute Gasteiger partial charge is 0.495 e. The minimum atomic E-state index is -4.24. The second-order valence-corrected chi connectivity index (χ2v) is 12.3. The van der Waals surface area contributed by atoms with Crippen LogP contribution in [0.1, 0.15) is 37.0 Å². The first-order valence-corrected chi connectivity index (χ1v) is 15.4. The highest BCUT2D eigenvalue weighted by molar-refractivity contribution is 7.92. The number of carbonyl (C=O) groups excluding carboxylic acids is 2. The van der Waals surface area contributed by atoms with Crippen LogP contribution < -0.4 is 14.4 Å². The van der Waals surface area contributed by atoms with Gasteiger partial charge in [0.1, 0.15) is 18.3 Å². The van der Waals surface area contributed by atoms with Gasteiger partial charge in [0.05, 0.1) is 17.7 Å². The van der Waals surface area contributed by atoms with Gasteiger partial charge < -0.3 is 15.0 Å². The molecule has 0 bridgehead atoms. The Morgan fingerprint density at radius 1 is 0.951 bits per heavy atom. The number of nitrogens with zero attached hydrogens (tertiary/aromatic N) is 2. The van der Waals surface area contributed by atoms with Crippen LogP contribution in [0.4, 0.5) is 5.69 Å². The highest BCUT2D eigenvalue weighted by atomic mass is 35.5. The van der Waals surface area contributed by atoms with Crippen molar-refractivity contribution in [3.8, 4) is 5.75 Å². The van der Waals surface area contributed by atoms with E-state index >= 15 is 0 Å². The highest BCUT2D eigenvalue weighted by Gasteiger charge is 2.35. The van der Waals surface area contributed by atoms with Crippen molar-refractivity contribution in [3.05, 3.63) is 87.4 Å². The van der Waals surface area contributed by atoms with E-state index in [4.69, 9.17) is 27.9 Å². The molecule has 8 nitrogen and oxygen atoms in total. The number of sulfonamides is 1. The molecular weight excluding hydrogens is 585 g/mol. The molecule has 3 aromatic carbocycles. The summed E-state index contributed by atoms with van der Waals surface area (Å²) in [7, 11) is -2.80. The fraction of sp³-hybridized carbons (Fsp3) is 0.333. The van der Waals surface area contributed by atoms with Gasteiger partial charge in [0.15, 0.2) is 0 Å². The van der Waals surface area contributed by atoms with Gasteiger partial charge in [-0.3, -0.25) is 13.9 Å². The molecule has 0 aromatic heterocycles. The third kappa shape index (κ3) is 7.72. The number of aryl methyl sites for hydroxylation is 2. The van der Waals surface area contributed by atoms with Crippen molar-refractivity contribution in [2.45, 2.75) is 51.6 Å². The summed E-state index contributed by atoms with van der Waals surface area (Å²) in [6, 6.07) is 15.5. The van der Waals surface area contributed by atoms with Gasteiger partial charge in [0, 0.05) is 23.1 Å². The van der Waals surface area contributed by atoms with Crippen molar-refractivity contribution >= 4 is 50.7 Å². The number of benzene rings is 3. The number of rotatable bonds is 12. The second kappa shape index (κ2) is 14.1. The predicted octanol–water partition coefficient (Wildman–Crippen LogP) is 5.76. The molecule has 0 saturated heterocycles. The van der Waals surface area contributed by atoms with Gasteiger partial charge in [-0.25, -0.2) is 8.42 Å². The van der Waals surface area contributed by atoms with Gasteiger partial charge in [0.2, 0.25) is 11.8 Å². The Morgan fingerprint density at radius 2 is 1.61 bits per heavy atom. The molecule has 0 fully saturated rings. The molecule has 0 saturated carbocycles. The zero-order chi connectivity index (χ0) is 30.3. The number of ether oxygens (including phenoxy) is 1. The van der Waals surface area contributed by atoms with E-state index in [-0.39, 0.29) is 28.8 Å². The predicted molar refractivity (Wildman–Crippen MR) is 163 cm³/mol. The lowest BCUT2D eigenvalue weighted by Crippen LogP contribution is -2.52. The lowest BCUT2D eigenvalue weighted by Gasteiger charge is -2.33. The number of hydrogen-bond donors (Lipinski definition) is 1. The number of likely N-dealkylation sites (N-methyl/N-ethyl adjacent to an activating group) is 1. The van der Waals surface area contributed by atoms with Gasteiger partial charge in [-0.15, -0.1) is 0 Å². The van der Waals surface area contributed by atoms with Gasteiger partial charge in [-0.2, -0.15) is 0 Å². The van der Waals surface area contributed by atoms with Crippen LogP contribution in [-0.2, 0) is 26.2 Å². The molecule has 3 aromatic rings. The van der Waals surface area contributed by atoms with E-state index in [1.54, 1.807) is 62.4 Å². The summed E-state index contributed by atoms with van der Waals surface area (Å²) in [5.74, 6) is -0.662. The van der Waals surface area contributed by atoms with Crippen LogP contribution in [0.25, 0.3) is 0 Å². The molecule has 3 rings (SSSR count). The summed E-state index contributed by atoms with van der Waals surface area (Å²) in [6.45, 7) is 6.99. The molecule has 1 N–H and O–H groups in total. The number of nitrogens with one attached hydrogen (secondary N) is 1. The maximum atomic E-state index is 14.2. The lowest BCUT2D eigenvalue weighted by molar-refractivity contribution is -0.140. The summed E-state index contributed by atoms with van der Waals surface area (Å²) < 4.78 is 34.7. The minimum Gasteiger partial charge on any atom is -0.495 e. The van der Waals surface area contributed by atoms with Crippen molar-refractivity contribution in [1.29, 1.82) is 0 Å². The molecule has 0 radical (unpaired) electrons. The lowest BCUT2D eigenvalue weighted by atomic mass is 10.1. The van der Waals surface area contributed by atoms with Crippen LogP contribution >= 0.6 is 23.2 Å². The molecule has 0 spiro atoms. The van der Waals surface area contributed by atoms with Gasteiger partial charge >= 0.3 is 0 Å². The maximum absolute atomic E-state index is 14.2. The Hall–Kier alpha value is -3.27. The minimum absolute atomic E-state index is 0.0162. The molecule has 11 heteroatoms. The molecule has 2 amide bonds. The van der Waals surface area contributed by atoms with E-state index in [9.17, 15) is 18.0 Å². The summed E-state index contributed by atoms with van der Waals surface area (Å²) in [6.07, 6.45) is 0.293. The van der Waals surface area contributed by atoms with Gasteiger partial charge in [0.25, 0.3) is 10.0 Å². The number of hydrogen-bond acceptors (Lipinski definition) is 5. The van der Waals surface area contributed by atoms with Crippen LogP contribution in [0.15, 0.2) is 65.6 Å². The Labute approximate surface area is 252 Å². The van der Waals surface area contributed by atoms with E-state index in [1.807, 2.05) is 13.8 Å². The molecule has 41 heavy (non-hydrogen) atoms. The smallest absolute Gasteiger partial charge is 0.264 e. The Balaban J connectivity index is 2.15. The summed E-state index contributed by atoms with van der Waals surface area (Å²) >= 11 is 12.5. The monoisotopic (exact) mass is 619 g/mol. The topological polar surface area (TPSA) is 96.0 Å². The average molecular weight is 621 g/mol. The quantitative estimate of drug-likeness (QED) is 0.278. The maximum Gasteiger partial charge on any atom is 0.264 e. The molecule has 1 unspecified atom stereocenters. The number of anilines is 1. The van der Waals surface area contributed by atoms with E-state index in [0.29, 0.717) is 28.6 Å².